The molecule has 100 valence electrons. The topological polar surface area (TPSA) is 17.1 Å². The first-order chi connectivity index (χ1) is 8.79. The third-order valence-corrected chi connectivity index (χ3v) is 3.46. The zero-order valence-electron chi connectivity index (χ0n) is 11.8. The van der Waals surface area contributed by atoms with Crippen LogP contribution in [-0.2, 0) is 4.79 Å². The molecule has 0 aromatic heterocycles. The minimum atomic E-state index is 0.128. The van der Waals surface area contributed by atoms with Gasteiger partial charge in [-0.2, -0.15) is 0 Å². The van der Waals surface area contributed by atoms with Gasteiger partial charge < -0.3 is 0 Å². The highest BCUT2D eigenvalue weighted by Crippen LogP contribution is 2.25. The molecule has 1 atom stereocenters. The molecule has 0 N–H and O–H groups in total. The first kappa shape index (κ1) is 14.9. The Morgan fingerprint density at radius 1 is 1.00 bits per heavy atom. The molecule has 18 heavy (non-hydrogen) atoms. The molecule has 0 aliphatic heterocycles. The molecule has 0 amide bonds. The average molecular weight is 246 g/mol. The van der Waals surface area contributed by atoms with E-state index in [4.69, 9.17) is 0 Å². The molecule has 0 radical (unpaired) electrons. The zero-order chi connectivity index (χ0) is 13.2. The number of Topliss-reactive ketones (excluding diaryl/α,β-unsaturated/α-hetero) is 1. The molecule has 1 aromatic rings. The molecule has 1 heteroatoms. The molecule has 0 saturated heterocycles. The van der Waals surface area contributed by atoms with Crippen molar-refractivity contribution in [1.29, 1.82) is 0 Å². The summed E-state index contributed by atoms with van der Waals surface area (Å²) in [5, 5.41) is 0. The Hall–Kier alpha value is -1.11. The van der Waals surface area contributed by atoms with Gasteiger partial charge in [-0.05, 0) is 18.4 Å². The van der Waals surface area contributed by atoms with Crippen molar-refractivity contribution in [3.8, 4) is 0 Å². The van der Waals surface area contributed by atoms with Crippen molar-refractivity contribution >= 4 is 5.78 Å². The van der Waals surface area contributed by atoms with Crippen molar-refractivity contribution in [2.75, 3.05) is 0 Å². The Bertz CT molecular complexity index is 329. The third kappa shape index (κ3) is 5.03. The standard InChI is InChI=1S/C17H26O/c1-3-5-8-14-17(18)16(13-6-4-2)15-11-9-7-10-12-15/h7,9-12,16H,3-6,8,13-14H2,1-2H3/t16-/m1/s1. The largest absolute Gasteiger partial charge is 0.299 e. The predicted molar refractivity (Wildman–Crippen MR) is 77.9 cm³/mol. The number of unbranched alkanes of at least 4 members (excludes halogenated alkanes) is 3. The summed E-state index contributed by atoms with van der Waals surface area (Å²) in [7, 11) is 0. The van der Waals surface area contributed by atoms with E-state index in [2.05, 4.69) is 26.0 Å². The smallest absolute Gasteiger partial charge is 0.140 e. The molecule has 0 saturated carbocycles. The van der Waals surface area contributed by atoms with Crippen molar-refractivity contribution in [3.05, 3.63) is 35.9 Å². The third-order valence-electron chi connectivity index (χ3n) is 3.46. The summed E-state index contributed by atoms with van der Waals surface area (Å²) in [6.45, 7) is 4.36. The zero-order valence-corrected chi connectivity index (χ0v) is 11.8. The van der Waals surface area contributed by atoms with E-state index in [1.165, 1.54) is 18.4 Å². The fourth-order valence-corrected chi connectivity index (χ4v) is 2.33. The molecule has 1 rings (SSSR count). The Morgan fingerprint density at radius 3 is 2.28 bits per heavy atom. The van der Waals surface area contributed by atoms with Crippen molar-refractivity contribution < 1.29 is 4.79 Å². The lowest BCUT2D eigenvalue weighted by Gasteiger charge is -2.16. The Kier molecular flexibility index (Phi) is 7.40. The van der Waals surface area contributed by atoms with E-state index in [0.717, 1.165) is 32.1 Å². The molecule has 0 spiro atoms. The van der Waals surface area contributed by atoms with Crippen LogP contribution in [0.15, 0.2) is 30.3 Å². The summed E-state index contributed by atoms with van der Waals surface area (Å²) in [5.41, 5.74) is 1.20. The highest BCUT2D eigenvalue weighted by molar-refractivity contribution is 5.85. The Balaban J connectivity index is 2.63. The molecular formula is C17H26O. The van der Waals surface area contributed by atoms with Gasteiger partial charge in [-0.25, -0.2) is 0 Å². The number of carbonyl (C=O) groups excluding carboxylic acids is 1. The summed E-state index contributed by atoms with van der Waals surface area (Å²) in [5.74, 6) is 0.561. The fraction of sp³-hybridized carbons (Fsp3) is 0.588. The van der Waals surface area contributed by atoms with E-state index in [1.807, 2.05) is 18.2 Å². The number of hydrogen-bond donors (Lipinski definition) is 0. The van der Waals surface area contributed by atoms with E-state index in [-0.39, 0.29) is 5.92 Å². The summed E-state index contributed by atoms with van der Waals surface area (Å²) < 4.78 is 0. The maximum absolute atomic E-state index is 12.3. The number of rotatable bonds is 9. The van der Waals surface area contributed by atoms with Gasteiger partial charge in [0.2, 0.25) is 0 Å². The average Bonchev–Trinajstić information content (AvgIpc) is 2.41. The lowest BCUT2D eigenvalue weighted by atomic mass is 9.87. The maximum atomic E-state index is 12.3. The summed E-state index contributed by atoms with van der Waals surface area (Å²) >= 11 is 0. The van der Waals surface area contributed by atoms with Crippen LogP contribution in [0.2, 0.25) is 0 Å². The first-order valence-corrected chi connectivity index (χ1v) is 7.37. The second kappa shape index (κ2) is 8.91. The summed E-state index contributed by atoms with van der Waals surface area (Å²) in [4.78, 5) is 12.3. The lowest BCUT2D eigenvalue weighted by molar-refractivity contribution is -0.120. The molecular weight excluding hydrogens is 220 g/mol. The molecule has 0 aliphatic carbocycles. The summed E-state index contributed by atoms with van der Waals surface area (Å²) in [6.07, 6.45) is 7.44. The number of benzene rings is 1. The van der Waals surface area contributed by atoms with Crippen LogP contribution in [0, 0.1) is 0 Å². The highest BCUT2D eigenvalue weighted by atomic mass is 16.1. The fourth-order valence-electron chi connectivity index (χ4n) is 2.33. The molecule has 0 aliphatic rings. The normalized spacial score (nSPS) is 12.3. The van der Waals surface area contributed by atoms with Gasteiger partial charge >= 0.3 is 0 Å². The van der Waals surface area contributed by atoms with Gasteiger partial charge in [-0.1, -0.05) is 69.9 Å². The van der Waals surface area contributed by atoms with Crippen LogP contribution in [0.25, 0.3) is 0 Å². The Morgan fingerprint density at radius 2 is 1.67 bits per heavy atom. The molecule has 0 bridgehead atoms. The second-order valence-corrected chi connectivity index (χ2v) is 5.03. The number of hydrogen-bond acceptors (Lipinski definition) is 1. The van der Waals surface area contributed by atoms with Crippen molar-refractivity contribution in [3.63, 3.8) is 0 Å². The van der Waals surface area contributed by atoms with E-state index in [0.29, 0.717) is 5.78 Å². The Labute approximate surface area is 112 Å². The van der Waals surface area contributed by atoms with Crippen LogP contribution in [-0.4, -0.2) is 5.78 Å². The van der Waals surface area contributed by atoms with E-state index >= 15 is 0 Å². The quantitative estimate of drug-likeness (QED) is 0.553. The lowest BCUT2D eigenvalue weighted by Crippen LogP contribution is -2.12. The number of carbonyl (C=O) groups is 1. The van der Waals surface area contributed by atoms with Gasteiger partial charge in [0.15, 0.2) is 0 Å². The van der Waals surface area contributed by atoms with Crippen LogP contribution in [0.1, 0.15) is 70.3 Å². The molecule has 0 fully saturated rings. The van der Waals surface area contributed by atoms with E-state index in [9.17, 15) is 4.79 Å². The second-order valence-electron chi connectivity index (χ2n) is 5.03. The SMILES string of the molecule is CCCCCC(=O)[C@H](CCCC)c1ccccc1. The molecule has 0 heterocycles. The van der Waals surface area contributed by atoms with Gasteiger partial charge in [0.1, 0.15) is 5.78 Å². The highest BCUT2D eigenvalue weighted by Gasteiger charge is 2.18. The van der Waals surface area contributed by atoms with Crippen LogP contribution < -0.4 is 0 Å². The predicted octanol–water partition coefficient (Wildman–Crippen LogP) is 5.11. The van der Waals surface area contributed by atoms with Crippen LogP contribution in [0.5, 0.6) is 0 Å². The van der Waals surface area contributed by atoms with E-state index < -0.39 is 0 Å². The minimum Gasteiger partial charge on any atom is -0.299 e. The van der Waals surface area contributed by atoms with Crippen LogP contribution in [0.3, 0.4) is 0 Å². The van der Waals surface area contributed by atoms with Gasteiger partial charge in [0.05, 0.1) is 0 Å². The van der Waals surface area contributed by atoms with Crippen LogP contribution >= 0.6 is 0 Å². The molecule has 0 unspecified atom stereocenters. The summed E-state index contributed by atoms with van der Waals surface area (Å²) in [6, 6.07) is 10.3. The van der Waals surface area contributed by atoms with Crippen molar-refractivity contribution in [2.24, 2.45) is 0 Å². The monoisotopic (exact) mass is 246 g/mol. The minimum absolute atomic E-state index is 0.128. The number of ketones is 1. The molecule has 1 aromatic carbocycles. The first-order valence-electron chi connectivity index (χ1n) is 7.37. The van der Waals surface area contributed by atoms with Crippen LogP contribution in [0.4, 0.5) is 0 Å². The van der Waals surface area contributed by atoms with Crippen molar-refractivity contribution in [1.82, 2.24) is 0 Å². The van der Waals surface area contributed by atoms with Gasteiger partial charge in [-0.15, -0.1) is 0 Å². The van der Waals surface area contributed by atoms with Gasteiger partial charge in [-0.3, -0.25) is 4.79 Å². The van der Waals surface area contributed by atoms with Gasteiger partial charge in [0, 0.05) is 12.3 Å². The van der Waals surface area contributed by atoms with Gasteiger partial charge in [0.25, 0.3) is 0 Å². The van der Waals surface area contributed by atoms with Crippen molar-refractivity contribution in [2.45, 2.75) is 64.7 Å². The molecule has 1 nitrogen and oxygen atoms in total. The van der Waals surface area contributed by atoms with E-state index in [1.54, 1.807) is 0 Å². The maximum Gasteiger partial charge on any atom is 0.140 e.